The van der Waals surface area contributed by atoms with Gasteiger partial charge in [-0.15, -0.1) is 0 Å². The Hall–Kier alpha value is -0.610. The van der Waals surface area contributed by atoms with Crippen molar-refractivity contribution in [3.05, 3.63) is 0 Å². The third-order valence-electron chi connectivity index (χ3n) is 3.28. The molecule has 1 fully saturated rings. The first-order chi connectivity index (χ1) is 7.60. The number of ether oxygens (including phenoxy) is 1. The van der Waals surface area contributed by atoms with E-state index in [-0.39, 0.29) is 11.4 Å². The topological polar surface area (TPSA) is 41.6 Å². The molecular formula is C12H24N2O2. The van der Waals surface area contributed by atoms with Crippen LogP contribution in [0.15, 0.2) is 0 Å². The fourth-order valence-electron chi connectivity index (χ4n) is 2.21. The summed E-state index contributed by atoms with van der Waals surface area (Å²) in [5.41, 5.74) is -0.347. The highest BCUT2D eigenvalue weighted by Crippen LogP contribution is 2.20. The molecule has 16 heavy (non-hydrogen) atoms. The summed E-state index contributed by atoms with van der Waals surface area (Å²) in [5.74, 6) is 0.211. The van der Waals surface area contributed by atoms with Crippen LogP contribution < -0.4 is 5.32 Å². The van der Waals surface area contributed by atoms with E-state index in [1.54, 1.807) is 7.11 Å². The van der Waals surface area contributed by atoms with Gasteiger partial charge in [0, 0.05) is 27.3 Å². The Morgan fingerprint density at radius 1 is 1.50 bits per heavy atom. The summed E-state index contributed by atoms with van der Waals surface area (Å²) in [6.45, 7) is 4.45. The Balaban J connectivity index is 2.41. The number of nitrogens with zero attached hydrogens (tertiary/aromatic N) is 1. The van der Waals surface area contributed by atoms with Crippen LogP contribution in [0.25, 0.3) is 0 Å². The average Bonchev–Trinajstić information content (AvgIpc) is 2.29. The third-order valence-corrected chi connectivity index (χ3v) is 3.28. The molecule has 1 atom stereocenters. The van der Waals surface area contributed by atoms with E-state index < -0.39 is 0 Å². The lowest BCUT2D eigenvalue weighted by Crippen LogP contribution is -2.57. The fourth-order valence-corrected chi connectivity index (χ4v) is 2.21. The Bertz CT molecular complexity index is 225. The van der Waals surface area contributed by atoms with Crippen LogP contribution >= 0.6 is 0 Å². The van der Waals surface area contributed by atoms with Gasteiger partial charge in [0.05, 0.1) is 5.54 Å². The summed E-state index contributed by atoms with van der Waals surface area (Å²) in [7, 11) is 3.56. The summed E-state index contributed by atoms with van der Waals surface area (Å²) >= 11 is 0. The normalized spacial score (nSPS) is 25.4. The van der Waals surface area contributed by atoms with Crippen molar-refractivity contribution in [1.29, 1.82) is 0 Å². The molecular weight excluding hydrogens is 204 g/mol. The molecule has 0 aromatic rings. The first-order valence-corrected chi connectivity index (χ1v) is 6.10. The molecule has 0 aromatic heterocycles. The second-order valence-electron chi connectivity index (χ2n) is 4.79. The van der Waals surface area contributed by atoms with Crippen LogP contribution in [0, 0.1) is 0 Å². The van der Waals surface area contributed by atoms with Crippen molar-refractivity contribution in [3.63, 3.8) is 0 Å². The number of carbonyl (C=O) groups excluding carboxylic acids is 1. The number of hydrogen-bond donors (Lipinski definition) is 1. The minimum atomic E-state index is -0.347. The molecule has 4 heteroatoms. The number of piperidine rings is 1. The molecule has 1 aliphatic rings. The van der Waals surface area contributed by atoms with Crippen molar-refractivity contribution < 1.29 is 9.53 Å². The van der Waals surface area contributed by atoms with Gasteiger partial charge in [0.15, 0.2) is 0 Å². The predicted octanol–water partition coefficient (Wildman–Crippen LogP) is 1.01. The molecule has 0 spiro atoms. The Kier molecular flexibility index (Phi) is 5.22. The van der Waals surface area contributed by atoms with Gasteiger partial charge >= 0.3 is 0 Å². The van der Waals surface area contributed by atoms with E-state index in [2.05, 4.69) is 5.32 Å². The minimum Gasteiger partial charge on any atom is -0.385 e. The number of rotatable bonds is 5. The quantitative estimate of drug-likeness (QED) is 0.714. The van der Waals surface area contributed by atoms with Gasteiger partial charge in [0.25, 0.3) is 0 Å². The Labute approximate surface area is 98.3 Å². The Morgan fingerprint density at radius 2 is 2.25 bits per heavy atom. The van der Waals surface area contributed by atoms with E-state index in [9.17, 15) is 4.79 Å². The van der Waals surface area contributed by atoms with Crippen LogP contribution in [0.1, 0.15) is 32.6 Å². The maximum Gasteiger partial charge on any atom is 0.242 e. The zero-order valence-electron chi connectivity index (χ0n) is 10.7. The van der Waals surface area contributed by atoms with Crippen molar-refractivity contribution in [2.24, 2.45) is 0 Å². The number of likely N-dealkylation sites (N-methyl/N-ethyl adjacent to an activating group) is 1. The number of hydrogen-bond acceptors (Lipinski definition) is 3. The lowest BCUT2D eigenvalue weighted by Gasteiger charge is -2.36. The van der Waals surface area contributed by atoms with Gasteiger partial charge in [-0.05, 0) is 39.2 Å². The highest BCUT2D eigenvalue weighted by atomic mass is 16.5. The van der Waals surface area contributed by atoms with Gasteiger partial charge in [-0.3, -0.25) is 4.79 Å². The summed E-state index contributed by atoms with van der Waals surface area (Å²) in [4.78, 5) is 14.1. The van der Waals surface area contributed by atoms with Gasteiger partial charge in [-0.2, -0.15) is 0 Å². The molecule has 0 aliphatic carbocycles. The predicted molar refractivity (Wildman–Crippen MR) is 64.4 cm³/mol. The van der Waals surface area contributed by atoms with Gasteiger partial charge in [-0.25, -0.2) is 0 Å². The number of carbonyl (C=O) groups is 1. The third kappa shape index (κ3) is 3.46. The van der Waals surface area contributed by atoms with E-state index in [0.717, 1.165) is 32.4 Å². The van der Waals surface area contributed by atoms with Crippen LogP contribution in [-0.4, -0.2) is 50.2 Å². The average molecular weight is 228 g/mol. The van der Waals surface area contributed by atoms with Crippen molar-refractivity contribution in [1.82, 2.24) is 10.2 Å². The maximum atomic E-state index is 12.2. The monoisotopic (exact) mass is 228 g/mol. The molecule has 1 heterocycles. The smallest absolute Gasteiger partial charge is 0.242 e. The molecule has 94 valence electrons. The first kappa shape index (κ1) is 13.5. The molecule has 1 aliphatic heterocycles. The fraction of sp³-hybridized carbons (Fsp3) is 0.917. The van der Waals surface area contributed by atoms with Crippen molar-refractivity contribution in [2.45, 2.75) is 38.1 Å². The Morgan fingerprint density at radius 3 is 2.81 bits per heavy atom. The number of methoxy groups -OCH3 is 1. The van der Waals surface area contributed by atoms with Crippen LogP contribution in [0.2, 0.25) is 0 Å². The zero-order valence-corrected chi connectivity index (χ0v) is 10.7. The van der Waals surface area contributed by atoms with E-state index in [4.69, 9.17) is 4.74 Å². The molecule has 0 bridgehead atoms. The molecule has 0 radical (unpaired) electrons. The minimum absolute atomic E-state index is 0.211. The molecule has 4 nitrogen and oxygen atoms in total. The van der Waals surface area contributed by atoms with E-state index >= 15 is 0 Å². The van der Waals surface area contributed by atoms with Crippen LogP contribution in [0.4, 0.5) is 0 Å². The summed E-state index contributed by atoms with van der Waals surface area (Å²) < 4.78 is 4.99. The van der Waals surface area contributed by atoms with Crippen LogP contribution in [0.3, 0.4) is 0 Å². The largest absolute Gasteiger partial charge is 0.385 e. The van der Waals surface area contributed by atoms with Gasteiger partial charge < -0.3 is 15.0 Å². The molecule has 1 N–H and O–H groups in total. The number of nitrogens with one attached hydrogen (secondary N) is 1. The first-order valence-electron chi connectivity index (χ1n) is 6.10. The lowest BCUT2D eigenvalue weighted by atomic mass is 9.89. The standard InChI is InChI=1S/C12H24N2O2/c1-12(7-4-5-8-13-12)11(15)14(2)9-6-10-16-3/h13H,4-10H2,1-3H3. The SMILES string of the molecule is COCCCN(C)C(=O)C1(C)CCCCN1. The molecule has 1 unspecified atom stereocenters. The zero-order chi connectivity index (χ0) is 12.0. The van der Waals surface area contributed by atoms with Crippen LogP contribution in [-0.2, 0) is 9.53 Å². The van der Waals surface area contributed by atoms with Gasteiger partial charge in [0.1, 0.15) is 0 Å². The van der Waals surface area contributed by atoms with E-state index in [1.165, 1.54) is 6.42 Å². The van der Waals surface area contributed by atoms with Crippen molar-refractivity contribution in [2.75, 3.05) is 33.9 Å². The van der Waals surface area contributed by atoms with E-state index in [1.807, 2.05) is 18.9 Å². The molecule has 0 saturated carbocycles. The lowest BCUT2D eigenvalue weighted by molar-refractivity contribution is -0.137. The molecule has 0 aromatic carbocycles. The van der Waals surface area contributed by atoms with Crippen LogP contribution in [0.5, 0.6) is 0 Å². The van der Waals surface area contributed by atoms with Crippen molar-refractivity contribution >= 4 is 5.91 Å². The second kappa shape index (κ2) is 6.21. The second-order valence-corrected chi connectivity index (χ2v) is 4.79. The number of amides is 1. The maximum absolute atomic E-state index is 12.2. The molecule has 1 saturated heterocycles. The summed E-state index contributed by atoms with van der Waals surface area (Å²) in [6.07, 6.45) is 4.16. The highest BCUT2D eigenvalue weighted by molar-refractivity contribution is 5.85. The summed E-state index contributed by atoms with van der Waals surface area (Å²) in [5, 5.41) is 3.34. The molecule has 1 amide bonds. The molecule has 1 rings (SSSR count). The highest BCUT2D eigenvalue weighted by Gasteiger charge is 2.35. The van der Waals surface area contributed by atoms with E-state index in [0.29, 0.717) is 6.61 Å². The summed E-state index contributed by atoms with van der Waals surface area (Å²) in [6, 6.07) is 0. The van der Waals surface area contributed by atoms with Gasteiger partial charge in [-0.1, -0.05) is 0 Å². The van der Waals surface area contributed by atoms with Crippen molar-refractivity contribution in [3.8, 4) is 0 Å². The van der Waals surface area contributed by atoms with Gasteiger partial charge in [0.2, 0.25) is 5.91 Å².